The van der Waals surface area contributed by atoms with E-state index in [1.165, 1.54) is 21.2 Å². The van der Waals surface area contributed by atoms with Gasteiger partial charge in [0, 0.05) is 83.2 Å². The highest BCUT2D eigenvalue weighted by Crippen LogP contribution is 2.58. The normalized spacial score (nSPS) is 16.6. The molecule has 1 aliphatic rings. The van der Waals surface area contributed by atoms with Crippen molar-refractivity contribution in [1.82, 2.24) is 39.9 Å². The monoisotopic (exact) mass is 801 g/mol. The number of aromatic nitrogens is 8. The van der Waals surface area contributed by atoms with E-state index in [-0.39, 0.29) is 0 Å². The zero-order valence-electron chi connectivity index (χ0n) is 32.4. The summed E-state index contributed by atoms with van der Waals surface area (Å²) in [6, 6.07) is 39.9. The zero-order chi connectivity index (χ0) is 39.7. The molecule has 0 amide bonds. The first-order valence-electron chi connectivity index (χ1n) is 19.2. The van der Waals surface area contributed by atoms with Gasteiger partial charge in [0.25, 0.3) is 0 Å². The molecule has 6 aromatic carbocycles. The van der Waals surface area contributed by atoms with E-state index in [0.29, 0.717) is 0 Å². The molecule has 10 nitrogen and oxygen atoms in total. The highest BCUT2D eigenvalue weighted by Gasteiger charge is 2.47. The van der Waals surface area contributed by atoms with Gasteiger partial charge in [0.1, 0.15) is 48.5 Å². The molecule has 11 rings (SSSR count). The molecule has 0 bridgehead atoms. The van der Waals surface area contributed by atoms with Crippen LogP contribution in [0.5, 0.6) is 0 Å². The molecule has 0 atom stereocenters. The van der Waals surface area contributed by atoms with E-state index >= 15 is 0 Å². The fraction of sp³-hybridized carbons (Fsp3) is 0.0638. The molecule has 0 saturated heterocycles. The number of rotatable bonds is 2. The van der Waals surface area contributed by atoms with E-state index < -0.39 is 15.2 Å². The molecule has 1 aliphatic heterocycles. The Hall–Kier alpha value is -6.86. The molecular weight excluding hydrogens is 767 g/mol. The van der Waals surface area contributed by atoms with Crippen molar-refractivity contribution in [3.63, 3.8) is 0 Å². The highest BCUT2D eigenvalue weighted by molar-refractivity contribution is 7.95. The summed E-state index contributed by atoms with van der Waals surface area (Å²) in [5, 5.41) is 11.0. The van der Waals surface area contributed by atoms with Crippen LogP contribution in [-0.4, -0.2) is 60.6 Å². The Balaban J connectivity index is 1.37. The van der Waals surface area contributed by atoms with E-state index in [1.807, 2.05) is 24.8 Å². The zero-order valence-corrected chi connectivity index (χ0v) is 34.2. The Morgan fingerprint density at radius 3 is 1.24 bits per heavy atom. The summed E-state index contributed by atoms with van der Waals surface area (Å²) in [6.07, 6.45) is 14.2. The van der Waals surface area contributed by atoms with Crippen molar-refractivity contribution in [3.05, 3.63) is 159 Å². The third-order valence-electron chi connectivity index (χ3n) is 11.6. The fourth-order valence-electron chi connectivity index (χ4n) is 8.55. The molecule has 0 N–H and O–H groups in total. The molecular formula is C47H35N10P2+. The second-order valence-electron chi connectivity index (χ2n) is 14.8. The lowest BCUT2D eigenvalue weighted by molar-refractivity contribution is 1.20. The van der Waals surface area contributed by atoms with Crippen molar-refractivity contribution < 1.29 is 0 Å². The molecule has 4 aromatic heterocycles. The van der Waals surface area contributed by atoms with Gasteiger partial charge in [0.05, 0.1) is 51.5 Å². The SMILES string of the molecule is CN1c2cc3cncnc3cc2P(c2ccccc2)c2cc3ncncc3cc2N(C)c2cc3cncnc3cc2[P+](C)(c2ccccc2)c2cc3ncncc3cc21. The van der Waals surface area contributed by atoms with Crippen molar-refractivity contribution in [2.24, 2.45) is 0 Å². The summed E-state index contributed by atoms with van der Waals surface area (Å²) < 4.78 is 0. The number of benzene rings is 6. The van der Waals surface area contributed by atoms with Gasteiger partial charge in [-0.2, -0.15) is 0 Å². The predicted octanol–water partition coefficient (Wildman–Crippen LogP) is 6.99. The topological polar surface area (TPSA) is 110 Å². The molecule has 5 heterocycles. The fourth-order valence-corrected chi connectivity index (χ4v) is 14.9. The molecule has 59 heavy (non-hydrogen) atoms. The van der Waals surface area contributed by atoms with Crippen LogP contribution in [0.1, 0.15) is 0 Å². The lowest BCUT2D eigenvalue weighted by Gasteiger charge is -2.36. The van der Waals surface area contributed by atoms with E-state index in [1.54, 1.807) is 25.3 Å². The molecule has 0 fully saturated rings. The first kappa shape index (κ1) is 35.3. The second-order valence-corrected chi connectivity index (χ2v) is 20.5. The van der Waals surface area contributed by atoms with Gasteiger partial charge < -0.3 is 9.80 Å². The summed E-state index contributed by atoms with van der Waals surface area (Å²) in [7, 11) is 0.561. The number of hydrogen-bond acceptors (Lipinski definition) is 10. The van der Waals surface area contributed by atoms with Gasteiger partial charge in [-0.15, -0.1) is 0 Å². The number of anilines is 4. The van der Waals surface area contributed by atoms with E-state index in [2.05, 4.69) is 160 Å². The maximum Gasteiger partial charge on any atom is 0.130 e. The first-order valence-corrected chi connectivity index (χ1v) is 22.7. The second kappa shape index (κ2) is 13.9. The van der Waals surface area contributed by atoms with Gasteiger partial charge in [-0.25, -0.2) is 39.9 Å². The minimum atomic E-state index is -2.57. The number of hydrogen-bond donors (Lipinski definition) is 0. The summed E-state index contributed by atoms with van der Waals surface area (Å²) in [5.74, 6) is 0. The molecule has 282 valence electrons. The van der Waals surface area contributed by atoms with Gasteiger partial charge in [-0.05, 0) is 61.8 Å². The van der Waals surface area contributed by atoms with Gasteiger partial charge in [-0.1, -0.05) is 48.5 Å². The molecule has 0 spiro atoms. The Kier molecular flexibility index (Phi) is 8.33. The van der Waals surface area contributed by atoms with Crippen LogP contribution in [-0.2, 0) is 0 Å². The Morgan fingerprint density at radius 1 is 0.441 bits per heavy atom. The Labute approximate surface area is 341 Å². The Morgan fingerprint density at radius 2 is 0.814 bits per heavy atom. The van der Waals surface area contributed by atoms with Crippen LogP contribution in [0.2, 0.25) is 0 Å². The van der Waals surface area contributed by atoms with Crippen LogP contribution in [0.15, 0.2) is 159 Å². The molecule has 0 unspecified atom stereocenters. The number of nitrogens with zero attached hydrogens (tertiary/aromatic N) is 10. The molecule has 0 aliphatic carbocycles. The number of fused-ring (bicyclic) bond motifs is 8. The van der Waals surface area contributed by atoms with Gasteiger partial charge in [0.2, 0.25) is 0 Å². The quantitative estimate of drug-likeness (QED) is 0.170. The molecule has 12 heteroatoms. The summed E-state index contributed by atoms with van der Waals surface area (Å²) in [6.45, 7) is 2.44. The maximum atomic E-state index is 4.85. The lowest BCUT2D eigenvalue weighted by Crippen LogP contribution is -2.38. The summed E-state index contributed by atoms with van der Waals surface area (Å²) in [5.41, 5.74) is 7.78. The standard InChI is InChI=1S/C47H35N10P2/c1-56-40-14-30-22-48-26-52-36(30)18-44(40)58(34-10-6-4-7-11-34)45-19-37-31(23-49-27-53-37)15-41(45)57(2)43-17-33-25-51-29-55-39(33)21-47(43)59(3,35-12-8-5-9-13-35)46-20-38-32(16-42(46)56)24-50-28-54-38/h4-29H,1-3H3/q+1. The molecule has 0 radical (unpaired) electrons. The van der Waals surface area contributed by atoms with E-state index in [4.69, 9.17) is 19.9 Å². The Bertz CT molecular complexity index is 3080. The minimum Gasteiger partial charge on any atom is -0.341 e. The highest BCUT2D eigenvalue weighted by atomic mass is 31.2. The lowest BCUT2D eigenvalue weighted by atomic mass is 10.1. The van der Waals surface area contributed by atoms with Gasteiger partial charge in [0.15, 0.2) is 0 Å². The van der Waals surface area contributed by atoms with Gasteiger partial charge >= 0.3 is 0 Å². The van der Waals surface area contributed by atoms with Crippen molar-refractivity contribution in [2.75, 3.05) is 30.6 Å². The average molecular weight is 802 g/mol. The van der Waals surface area contributed by atoms with Crippen LogP contribution in [0.25, 0.3) is 43.6 Å². The average Bonchev–Trinajstić information content (AvgIpc) is 3.30. The minimum absolute atomic E-state index is 0.881. The van der Waals surface area contributed by atoms with Crippen molar-refractivity contribution in [1.29, 1.82) is 0 Å². The largest absolute Gasteiger partial charge is 0.341 e. The van der Waals surface area contributed by atoms with Crippen LogP contribution in [0.3, 0.4) is 0 Å². The van der Waals surface area contributed by atoms with Crippen LogP contribution < -0.4 is 41.6 Å². The smallest absolute Gasteiger partial charge is 0.130 e. The van der Waals surface area contributed by atoms with Crippen molar-refractivity contribution >= 4 is 113 Å². The van der Waals surface area contributed by atoms with Gasteiger partial charge in [-0.3, -0.25) is 0 Å². The third kappa shape index (κ3) is 5.70. The summed E-state index contributed by atoms with van der Waals surface area (Å²) in [4.78, 5) is 42.0. The van der Waals surface area contributed by atoms with E-state index in [0.717, 1.165) is 77.0 Å². The summed E-state index contributed by atoms with van der Waals surface area (Å²) >= 11 is 0. The molecule has 0 saturated carbocycles. The first-order chi connectivity index (χ1) is 29.0. The molecule has 10 aromatic rings. The van der Waals surface area contributed by atoms with Crippen LogP contribution >= 0.6 is 15.2 Å². The maximum absolute atomic E-state index is 4.85. The van der Waals surface area contributed by atoms with E-state index in [9.17, 15) is 0 Å². The predicted molar refractivity (Wildman–Crippen MR) is 245 cm³/mol. The third-order valence-corrected chi connectivity index (χ3v) is 18.1. The van der Waals surface area contributed by atoms with Crippen LogP contribution in [0.4, 0.5) is 22.7 Å². The van der Waals surface area contributed by atoms with Crippen molar-refractivity contribution in [2.45, 2.75) is 0 Å². The van der Waals surface area contributed by atoms with Crippen molar-refractivity contribution in [3.8, 4) is 0 Å². The van der Waals surface area contributed by atoms with Crippen LogP contribution in [0, 0.1) is 0 Å².